The van der Waals surface area contributed by atoms with Crippen molar-refractivity contribution in [2.45, 2.75) is 56.7 Å². The summed E-state index contributed by atoms with van der Waals surface area (Å²) >= 11 is 0. The van der Waals surface area contributed by atoms with Crippen molar-refractivity contribution in [3.63, 3.8) is 0 Å². The third kappa shape index (κ3) is 4.41. The summed E-state index contributed by atoms with van der Waals surface area (Å²) in [4.78, 5) is 25.6. The number of piperazine rings is 1. The Morgan fingerprint density at radius 2 is 1.84 bits per heavy atom. The van der Waals surface area contributed by atoms with E-state index in [4.69, 9.17) is 0 Å². The highest BCUT2D eigenvalue weighted by molar-refractivity contribution is 5.89. The topological polar surface area (TPSA) is 105 Å². The first-order valence-corrected chi connectivity index (χ1v) is 11.7. The Morgan fingerprint density at radius 1 is 1.09 bits per heavy atom. The lowest BCUT2D eigenvalue weighted by Crippen LogP contribution is -2.55. The predicted molar refractivity (Wildman–Crippen MR) is 121 cm³/mol. The lowest BCUT2D eigenvalue weighted by atomic mass is 9.89. The predicted octanol–water partition coefficient (Wildman–Crippen LogP) is 2.14. The number of aromatic nitrogens is 2. The fraction of sp³-hybridized carbons (Fsp3) is 0.583. The molecule has 32 heavy (non-hydrogen) atoms. The van der Waals surface area contributed by atoms with Crippen molar-refractivity contribution in [3.8, 4) is 6.07 Å². The number of nitriles is 1. The third-order valence-corrected chi connectivity index (χ3v) is 7.27. The van der Waals surface area contributed by atoms with Crippen molar-refractivity contribution in [1.82, 2.24) is 19.8 Å². The van der Waals surface area contributed by atoms with E-state index < -0.39 is 6.10 Å². The van der Waals surface area contributed by atoms with Crippen LogP contribution in [0.5, 0.6) is 0 Å². The lowest BCUT2D eigenvalue weighted by molar-refractivity contribution is -0.143. The molecule has 2 aromatic rings. The molecule has 1 atom stereocenters. The first-order chi connectivity index (χ1) is 15.6. The molecule has 5 rings (SSSR count). The summed E-state index contributed by atoms with van der Waals surface area (Å²) in [7, 11) is 0. The molecule has 168 valence electrons. The van der Waals surface area contributed by atoms with E-state index in [1.807, 2.05) is 17.0 Å². The van der Waals surface area contributed by atoms with Gasteiger partial charge in [0.05, 0.1) is 17.1 Å². The highest BCUT2D eigenvalue weighted by atomic mass is 16.3. The molecule has 0 bridgehead atoms. The van der Waals surface area contributed by atoms with Gasteiger partial charge in [-0.05, 0) is 62.6 Å². The number of anilines is 1. The smallest absolute Gasteiger partial charge is 0.251 e. The highest BCUT2D eigenvalue weighted by Gasteiger charge is 2.38. The van der Waals surface area contributed by atoms with E-state index in [-0.39, 0.29) is 11.8 Å². The van der Waals surface area contributed by atoms with Gasteiger partial charge < -0.3 is 15.3 Å². The number of rotatable bonds is 5. The maximum Gasteiger partial charge on any atom is 0.251 e. The molecule has 1 unspecified atom stereocenters. The molecule has 2 aliphatic carbocycles. The van der Waals surface area contributed by atoms with E-state index in [1.54, 1.807) is 12.4 Å². The van der Waals surface area contributed by atoms with E-state index in [0.717, 1.165) is 81.4 Å². The Balaban J connectivity index is 1.13. The molecule has 2 heterocycles. The van der Waals surface area contributed by atoms with Crippen LogP contribution in [-0.2, 0) is 4.79 Å². The van der Waals surface area contributed by atoms with Gasteiger partial charge in [-0.1, -0.05) is 0 Å². The SMILES string of the molecule is N#Cc1ccc2ncnc(NC3CCC(N4CCN(C(=O)C(O)C5CC5)CC4)CC3)c2c1. The number of nitrogens with zero attached hydrogens (tertiary/aromatic N) is 5. The lowest BCUT2D eigenvalue weighted by Gasteiger charge is -2.42. The molecule has 1 amide bonds. The molecule has 2 N–H and O–H groups in total. The van der Waals surface area contributed by atoms with E-state index in [0.29, 0.717) is 17.6 Å². The zero-order chi connectivity index (χ0) is 22.1. The van der Waals surface area contributed by atoms with Crippen LogP contribution in [0.4, 0.5) is 5.82 Å². The second kappa shape index (κ2) is 9.00. The minimum Gasteiger partial charge on any atom is -0.383 e. The van der Waals surface area contributed by atoms with E-state index >= 15 is 0 Å². The first-order valence-electron chi connectivity index (χ1n) is 11.7. The third-order valence-electron chi connectivity index (χ3n) is 7.27. The number of hydrogen-bond donors (Lipinski definition) is 2. The molecule has 1 saturated heterocycles. The second-order valence-electron chi connectivity index (χ2n) is 9.36. The molecular weight excluding hydrogens is 404 g/mol. The van der Waals surface area contributed by atoms with Crippen molar-refractivity contribution < 1.29 is 9.90 Å². The summed E-state index contributed by atoms with van der Waals surface area (Å²) in [5.74, 6) is 0.926. The van der Waals surface area contributed by atoms with Crippen molar-refractivity contribution in [1.29, 1.82) is 5.26 Å². The number of hydrogen-bond acceptors (Lipinski definition) is 7. The Morgan fingerprint density at radius 3 is 2.53 bits per heavy atom. The largest absolute Gasteiger partial charge is 0.383 e. The van der Waals surface area contributed by atoms with Gasteiger partial charge in [0, 0.05) is 43.6 Å². The van der Waals surface area contributed by atoms with Crippen LogP contribution in [0.15, 0.2) is 24.5 Å². The molecule has 3 aliphatic rings. The van der Waals surface area contributed by atoms with E-state index in [9.17, 15) is 15.2 Å². The molecule has 2 saturated carbocycles. The quantitative estimate of drug-likeness (QED) is 0.743. The Bertz CT molecular complexity index is 1020. The van der Waals surface area contributed by atoms with E-state index in [2.05, 4.69) is 26.3 Å². The standard InChI is InChI=1S/C24H30N6O2/c25-14-16-1-8-21-20(13-16)23(27-15-26-21)28-18-4-6-19(7-5-18)29-9-11-30(12-10-29)24(32)22(31)17-2-3-17/h1,8,13,15,17-19,22,31H,2-7,9-12H2,(H,26,27,28). The molecule has 1 aromatic heterocycles. The molecule has 0 spiro atoms. The van der Waals surface area contributed by atoms with Crippen molar-refractivity contribution >= 4 is 22.6 Å². The number of amides is 1. The summed E-state index contributed by atoms with van der Waals surface area (Å²) in [5, 5.41) is 23.8. The van der Waals surface area contributed by atoms with Crippen LogP contribution in [0.1, 0.15) is 44.1 Å². The minimum absolute atomic E-state index is 0.0725. The Kier molecular flexibility index (Phi) is 5.94. The average Bonchev–Trinajstić information content (AvgIpc) is 3.69. The van der Waals surface area contributed by atoms with Crippen LogP contribution in [0.2, 0.25) is 0 Å². The van der Waals surface area contributed by atoms with Gasteiger partial charge in [0.25, 0.3) is 5.91 Å². The normalized spacial score (nSPS) is 25.3. The molecule has 1 aliphatic heterocycles. The van der Waals surface area contributed by atoms with Gasteiger partial charge in [0.1, 0.15) is 18.2 Å². The number of aliphatic hydroxyl groups is 1. The zero-order valence-electron chi connectivity index (χ0n) is 18.3. The van der Waals surface area contributed by atoms with Crippen LogP contribution < -0.4 is 5.32 Å². The van der Waals surface area contributed by atoms with Gasteiger partial charge in [-0.2, -0.15) is 5.26 Å². The molecular formula is C24H30N6O2. The molecule has 0 radical (unpaired) electrons. The zero-order valence-corrected chi connectivity index (χ0v) is 18.3. The number of fused-ring (bicyclic) bond motifs is 1. The number of aliphatic hydroxyl groups excluding tert-OH is 1. The summed E-state index contributed by atoms with van der Waals surface area (Å²) in [6, 6.07) is 8.59. The van der Waals surface area contributed by atoms with Gasteiger partial charge >= 0.3 is 0 Å². The van der Waals surface area contributed by atoms with Crippen molar-refractivity contribution in [2.75, 3.05) is 31.5 Å². The monoisotopic (exact) mass is 434 g/mol. The summed E-state index contributed by atoms with van der Waals surface area (Å²) in [6.07, 6.45) is 7.10. The maximum atomic E-state index is 12.4. The second-order valence-corrected chi connectivity index (χ2v) is 9.36. The van der Waals surface area contributed by atoms with Crippen molar-refractivity contribution in [2.24, 2.45) is 5.92 Å². The van der Waals surface area contributed by atoms with Crippen LogP contribution in [0, 0.1) is 17.2 Å². The van der Waals surface area contributed by atoms with Gasteiger partial charge in [-0.3, -0.25) is 9.69 Å². The van der Waals surface area contributed by atoms with Crippen LogP contribution >= 0.6 is 0 Å². The fourth-order valence-corrected chi connectivity index (χ4v) is 5.13. The average molecular weight is 435 g/mol. The Labute approximate surface area is 188 Å². The summed E-state index contributed by atoms with van der Waals surface area (Å²) in [6.45, 7) is 3.21. The molecule has 3 fully saturated rings. The Hall–Kier alpha value is -2.76. The molecule has 8 nitrogen and oxygen atoms in total. The molecule has 1 aromatic carbocycles. The van der Waals surface area contributed by atoms with Gasteiger partial charge in [-0.25, -0.2) is 9.97 Å². The highest BCUT2D eigenvalue weighted by Crippen LogP contribution is 2.34. The number of carbonyl (C=O) groups is 1. The van der Waals surface area contributed by atoms with Gasteiger partial charge in [-0.15, -0.1) is 0 Å². The van der Waals surface area contributed by atoms with Crippen LogP contribution in [0.3, 0.4) is 0 Å². The van der Waals surface area contributed by atoms with Crippen LogP contribution in [-0.4, -0.2) is 75.1 Å². The van der Waals surface area contributed by atoms with Crippen molar-refractivity contribution in [3.05, 3.63) is 30.1 Å². The maximum absolute atomic E-state index is 12.4. The fourth-order valence-electron chi connectivity index (χ4n) is 5.13. The number of benzene rings is 1. The van der Waals surface area contributed by atoms with Crippen LogP contribution in [0.25, 0.3) is 10.9 Å². The summed E-state index contributed by atoms with van der Waals surface area (Å²) < 4.78 is 0. The first kappa shape index (κ1) is 21.1. The van der Waals surface area contributed by atoms with E-state index in [1.165, 1.54) is 0 Å². The summed E-state index contributed by atoms with van der Waals surface area (Å²) in [5.41, 5.74) is 1.45. The van der Waals surface area contributed by atoms with Gasteiger partial charge in [0.2, 0.25) is 0 Å². The molecule has 8 heteroatoms. The number of carbonyl (C=O) groups excluding carboxylic acids is 1. The van der Waals surface area contributed by atoms with Gasteiger partial charge in [0.15, 0.2) is 0 Å². The minimum atomic E-state index is -0.787. The number of nitrogens with one attached hydrogen (secondary N) is 1.